The molecule has 1 nitrogen and oxygen atoms in total. The SMILES string of the molecule is CC1=Cc2c(cccc2-c2ccc(CN)cc2)C1. The van der Waals surface area contributed by atoms with Gasteiger partial charge in [0.2, 0.25) is 0 Å². The Morgan fingerprint density at radius 2 is 1.83 bits per heavy atom. The maximum atomic E-state index is 5.64. The smallest absolute Gasteiger partial charge is 0.0178 e. The molecule has 0 unspecified atom stereocenters. The van der Waals surface area contributed by atoms with Gasteiger partial charge in [0.15, 0.2) is 0 Å². The number of nitrogens with two attached hydrogens (primary N) is 1. The van der Waals surface area contributed by atoms with Gasteiger partial charge in [-0.2, -0.15) is 0 Å². The van der Waals surface area contributed by atoms with Crippen molar-refractivity contribution in [2.45, 2.75) is 19.9 Å². The zero-order chi connectivity index (χ0) is 12.5. The van der Waals surface area contributed by atoms with Gasteiger partial charge < -0.3 is 5.73 Å². The van der Waals surface area contributed by atoms with Crippen LogP contribution in [0.15, 0.2) is 48.0 Å². The highest BCUT2D eigenvalue weighted by atomic mass is 14.5. The third-order valence-corrected chi connectivity index (χ3v) is 3.56. The molecule has 1 aliphatic carbocycles. The van der Waals surface area contributed by atoms with E-state index in [9.17, 15) is 0 Å². The maximum absolute atomic E-state index is 5.64. The van der Waals surface area contributed by atoms with Crippen molar-refractivity contribution in [1.29, 1.82) is 0 Å². The van der Waals surface area contributed by atoms with Crippen molar-refractivity contribution < 1.29 is 0 Å². The minimum Gasteiger partial charge on any atom is -0.326 e. The van der Waals surface area contributed by atoms with Crippen molar-refractivity contribution in [1.82, 2.24) is 0 Å². The van der Waals surface area contributed by atoms with Crippen LogP contribution in [0.2, 0.25) is 0 Å². The van der Waals surface area contributed by atoms with Gasteiger partial charge in [0, 0.05) is 6.54 Å². The Balaban J connectivity index is 2.09. The van der Waals surface area contributed by atoms with E-state index in [4.69, 9.17) is 5.73 Å². The fraction of sp³-hybridized carbons (Fsp3) is 0.176. The summed E-state index contributed by atoms with van der Waals surface area (Å²) >= 11 is 0. The van der Waals surface area contributed by atoms with Gasteiger partial charge in [0.1, 0.15) is 0 Å². The van der Waals surface area contributed by atoms with Crippen molar-refractivity contribution in [3.8, 4) is 11.1 Å². The first-order chi connectivity index (χ1) is 8.78. The molecule has 0 fully saturated rings. The van der Waals surface area contributed by atoms with E-state index in [1.807, 2.05) is 0 Å². The molecule has 1 aliphatic rings. The van der Waals surface area contributed by atoms with Crippen LogP contribution in [0.25, 0.3) is 17.2 Å². The van der Waals surface area contributed by atoms with Crippen molar-refractivity contribution in [3.05, 3.63) is 64.7 Å². The molecule has 0 heterocycles. The molecule has 2 aromatic rings. The van der Waals surface area contributed by atoms with Gasteiger partial charge in [-0.05, 0) is 41.2 Å². The monoisotopic (exact) mass is 235 g/mol. The largest absolute Gasteiger partial charge is 0.326 e. The van der Waals surface area contributed by atoms with Crippen LogP contribution in [-0.4, -0.2) is 0 Å². The summed E-state index contributed by atoms with van der Waals surface area (Å²) in [6.07, 6.45) is 3.39. The molecule has 0 radical (unpaired) electrons. The minimum atomic E-state index is 0.603. The Labute approximate surface area is 108 Å². The van der Waals surface area contributed by atoms with E-state index in [1.54, 1.807) is 0 Å². The van der Waals surface area contributed by atoms with Gasteiger partial charge in [-0.1, -0.05) is 54.1 Å². The molecule has 18 heavy (non-hydrogen) atoms. The molecule has 0 amide bonds. The second-order valence-corrected chi connectivity index (χ2v) is 4.95. The van der Waals surface area contributed by atoms with Crippen LogP contribution in [0.1, 0.15) is 23.6 Å². The predicted molar refractivity (Wildman–Crippen MR) is 77.1 cm³/mol. The van der Waals surface area contributed by atoms with E-state index >= 15 is 0 Å². The third kappa shape index (κ3) is 1.87. The summed E-state index contributed by atoms with van der Waals surface area (Å²) in [4.78, 5) is 0. The second kappa shape index (κ2) is 4.43. The molecule has 2 aromatic carbocycles. The summed E-state index contributed by atoms with van der Waals surface area (Å²) in [5, 5.41) is 0. The van der Waals surface area contributed by atoms with Crippen LogP contribution in [-0.2, 0) is 13.0 Å². The van der Waals surface area contributed by atoms with Crippen LogP contribution in [0.5, 0.6) is 0 Å². The second-order valence-electron chi connectivity index (χ2n) is 4.95. The van der Waals surface area contributed by atoms with E-state index in [0.29, 0.717) is 6.54 Å². The first-order valence-electron chi connectivity index (χ1n) is 6.36. The summed E-state index contributed by atoms with van der Waals surface area (Å²) in [5.41, 5.74) is 13.7. The van der Waals surface area contributed by atoms with Gasteiger partial charge in [-0.3, -0.25) is 0 Å². The van der Waals surface area contributed by atoms with Gasteiger partial charge in [0.25, 0.3) is 0 Å². The highest BCUT2D eigenvalue weighted by Crippen LogP contribution is 2.33. The minimum absolute atomic E-state index is 0.603. The normalized spacial score (nSPS) is 13.3. The predicted octanol–water partition coefficient (Wildman–Crippen LogP) is 3.77. The van der Waals surface area contributed by atoms with Gasteiger partial charge in [-0.15, -0.1) is 0 Å². The zero-order valence-electron chi connectivity index (χ0n) is 10.6. The fourth-order valence-electron chi connectivity index (χ4n) is 2.61. The summed E-state index contributed by atoms with van der Waals surface area (Å²) in [7, 11) is 0. The number of rotatable bonds is 2. The zero-order valence-corrected chi connectivity index (χ0v) is 10.6. The molecule has 0 saturated heterocycles. The molecule has 0 aromatic heterocycles. The average Bonchev–Trinajstić information content (AvgIpc) is 2.79. The Hall–Kier alpha value is -1.86. The van der Waals surface area contributed by atoms with Crippen molar-refractivity contribution in [2.24, 2.45) is 5.73 Å². The molecular formula is C17H17N. The molecule has 0 saturated carbocycles. The lowest BCUT2D eigenvalue weighted by Crippen LogP contribution is -1.95. The van der Waals surface area contributed by atoms with Crippen molar-refractivity contribution in [3.63, 3.8) is 0 Å². The first kappa shape index (κ1) is 11.2. The number of benzene rings is 2. The van der Waals surface area contributed by atoms with Crippen LogP contribution >= 0.6 is 0 Å². The molecule has 90 valence electrons. The highest BCUT2D eigenvalue weighted by molar-refractivity contribution is 5.80. The Morgan fingerprint density at radius 3 is 2.56 bits per heavy atom. The third-order valence-electron chi connectivity index (χ3n) is 3.56. The highest BCUT2D eigenvalue weighted by Gasteiger charge is 2.13. The van der Waals surface area contributed by atoms with Gasteiger partial charge >= 0.3 is 0 Å². The number of fused-ring (bicyclic) bond motifs is 1. The Bertz CT molecular complexity index is 606. The number of hydrogen-bond acceptors (Lipinski definition) is 1. The Morgan fingerprint density at radius 1 is 1.06 bits per heavy atom. The summed E-state index contributed by atoms with van der Waals surface area (Å²) in [5.74, 6) is 0. The first-order valence-corrected chi connectivity index (χ1v) is 6.36. The average molecular weight is 235 g/mol. The van der Waals surface area contributed by atoms with Crippen molar-refractivity contribution in [2.75, 3.05) is 0 Å². The number of allylic oxidation sites excluding steroid dienone is 1. The molecule has 0 atom stereocenters. The lowest BCUT2D eigenvalue weighted by molar-refractivity contribution is 1.07. The quantitative estimate of drug-likeness (QED) is 0.842. The van der Waals surface area contributed by atoms with E-state index < -0.39 is 0 Å². The van der Waals surface area contributed by atoms with Crippen LogP contribution in [0.3, 0.4) is 0 Å². The van der Waals surface area contributed by atoms with Gasteiger partial charge in [-0.25, -0.2) is 0 Å². The standard InChI is InChI=1S/C17H17N/c1-12-9-15-3-2-4-16(17(15)10-12)14-7-5-13(11-18)6-8-14/h2-8,10H,9,11,18H2,1H3. The molecule has 0 aliphatic heterocycles. The van der Waals surface area contributed by atoms with E-state index in [0.717, 1.165) is 6.42 Å². The van der Waals surface area contributed by atoms with Crippen molar-refractivity contribution >= 4 is 6.08 Å². The van der Waals surface area contributed by atoms with E-state index in [2.05, 4.69) is 55.5 Å². The summed E-state index contributed by atoms with van der Waals surface area (Å²) < 4.78 is 0. The van der Waals surface area contributed by atoms with Crippen LogP contribution in [0, 0.1) is 0 Å². The molecule has 0 bridgehead atoms. The van der Waals surface area contributed by atoms with Crippen LogP contribution < -0.4 is 5.73 Å². The van der Waals surface area contributed by atoms with Crippen LogP contribution in [0.4, 0.5) is 0 Å². The summed E-state index contributed by atoms with van der Waals surface area (Å²) in [6, 6.07) is 15.1. The molecule has 0 spiro atoms. The molecule has 1 heteroatoms. The lowest BCUT2D eigenvalue weighted by atomic mass is 9.96. The lowest BCUT2D eigenvalue weighted by Gasteiger charge is -2.08. The summed E-state index contributed by atoms with van der Waals surface area (Å²) in [6.45, 7) is 2.80. The Kier molecular flexibility index (Phi) is 2.77. The molecule has 2 N–H and O–H groups in total. The molecule has 3 rings (SSSR count). The fourth-order valence-corrected chi connectivity index (χ4v) is 2.61. The molecular weight excluding hydrogens is 218 g/mol. The number of hydrogen-bond donors (Lipinski definition) is 1. The maximum Gasteiger partial charge on any atom is 0.0178 e. The topological polar surface area (TPSA) is 26.0 Å². The van der Waals surface area contributed by atoms with Gasteiger partial charge in [0.05, 0.1) is 0 Å². The van der Waals surface area contributed by atoms with E-state index in [-0.39, 0.29) is 0 Å². The van der Waals surface area contributed by atoms with E-state index in [1.165, 1.54) is 33.4 Å².